The lowest BCUT2D eigenvalue weighted by Crippen LogP contribution is -2.53. The van der Waals surface area contributed by atoms with Gasteiger partial charge in [0.25, 0.3) is 0 Å². The topological polar surface area (TPSA) is 67.6 Å². The SMILES string of the molecule is COc1ccc(CN2CCC(CNC(=O)C3CCCCC3(C)N)CC2)cc1. The van der Waals surface area contributed by atoms with E-state index in [4.69, 9.17) is 10.5 Å². The molecule has 2 fully saturated rings. The van der Waals surface area contributed by atoms with Gasteiger partial charge in [-0.05, 0) is 69.3 Å². The summed E-state index contributed by atoms with van der Waals surface area (Å²) in [5.74, 6) is 1.62. The molecule has 0 radical (unpaired) electrons. The number of ether oxygens (including phenoxy) is 1. The van der Waals surface area contributed by atoms with Crippen molar-refractivity contribution < 1.29 is 9.53 Å². The van der Waals surface area contributed by atoms with Crippen LogP contribution < -0.4 is 15.8 Å². The minimum atomic E-state index is -0.343. The molecule has 5 heteroatoms. The summed E-state index contributed by atoms with van der Waals surface area (Å²) in [6.07, 6.45) is 6.42. The number of likely N-dealkylation sites (tertiary alicyclic amines) is 1. The Labute approximate surface area is 163 Å². The number of hydrogen-bond acceptors (Lipinski definition) is 4. The molecule has 1 saturated carbocycles. The van der Waals surface area contributed by atoms with E-state index in [-0.39, 0.29) is 17.4 Å². The Morgan fingerprint density at radius 3 is 2.56 bits per heavy atom. The maximum absolute atomic E-state index is 12.6. The number of amides is 1. The van der Waals surface area contributed by atoms with E-state index in [1.807, 2.05) is 19.1 Å². The van der Waals surface area contributed by atoms with Gasteiger partial charge < -0.3 is 15.8 Å². The van der Waals surface area contributed by atoms with E-state index in [0.717, 1.165) is 70.5 Å². The maximum Gasteiger partial charge on any atom is 0.224 e. The second kappa shape index (κ2) is 9.07. The lowest BCUT2D eigenvalue weighted by Gasteiger charge is -2.38. The molecule has 3 rings (SSSR count). The van der Waals surface area contributed by atoms with Crippen molar-refractivity contribution in [3.63, 3.8) is 0 Å². The summed E-state index contributed by atoms with van der Waals surface area (Å²) in [6.45, 7) is 5.99. The molecule has 150 valence electrons. The molecular weight excluding hydrogens is 338 g/mol. The molecule has 1 amide bonds. The van der Waals surface area contributed by atoms with Gasteiger partial charge in [-0.15, -0.1) is 0 Å². The lowest BCUT2D eigenvalue weighted by atomic mass is 9.74. The van der Waals surface area contributed by atoms with Crippen molar-refractivity contribution in [1.29, 1.82) is 0 Å². The fraction of sp³-hybridized carbons (Fsp3) is 0.682. The average Bonchev–Trinajstić information content (AvgIpc) is 2.67. The van der Waals surface area contributed by atoms with Crippen molar-refractivity contribution in [2.75, 3.05) is 26.7 Å². The first-order valence-electron chi connectivity index (χ1n) is 10.4. The van der Waals surface area contributed by atoms with Crippen molar-refractivity contribution in [2.45, 2.75) is 57.5 Å². The van der Waals surface area contributed by atoms with Crippen LogP contribution in [0.2, 0.25) is 0 Å². The van der Waals surface area contributed by atoms with Crippen LogP contribution in [0.25, 0.3) is 0 Å². The second-order valence-electron chi connectivity index (χ2n) is 8.62. The maximum atomic E-state index is 12.6. The summed E-state index contributed by atoms with van der Waals surface area (Å²) < 4.78 is 5.22. The number of carbonyl (C=O) groups excluding carboxylic acids is 1. The Bertz CT molecular complexity index is 606. The number of piperidine rings is 1. The molecular formula is C22H35N3O2. The number of carbonyl (C=O) groups is 1. The molecule has 2 aliphatic rings. The highest BCUT2D eigenvalue weighted by atomic mass is 16.5. The first kappa shape index (κ1) is 20.2. The minimum absolute atomic E-state index is 0.0265. The van der Waals surface area contributed by atoms with Gasteiger partial charge in [-0.3, -0.25) is 9.69 Å². The third-order valence-corrected chi connectivity index (χ3v) is 6.41. The zero-order chi connectivity index (χ0) is 19.3. The van der Waals surface area contributed by atoms with Crippen LogP contribution in [0, 0.1) is 11.8 Å². The Hall–Kier alpha value is -1.59. The Morgan fingerprint density at radius 2 is 1.93 bits per heavy atom. The molecule has 2 unspecified atom stereocenters. The molecule has 5 nitrogen and oxygen atoms in total. The summed E-state index contributed by atoms with van der Waals surface area (Å²) >= 11 is 0. The molecule has 1 aliphatic carbocycles. The van der Waals surface area contributed by atoms with Crippen molar-refractivity contribution in [3.05, 3.63) is 29.8 Å². The Kier molecular flexibility index (Phi) is 6.77. The smallest absolute Gasteiger partial charge is 0.224 e. The number of nitrogens with two attached hydrogens (primary N) is 1. The van der Waals surface area contributed by atoms with E-state index in [9.17, 15) is 4.79 Å². The predicted molar refractivity (Wildman–Crippen MR) is 109 cm³/mol. The fourth-order valence-electron chi connectivity index (χ4n) is 4.49. The van der Waals surface area contributed by atoms with Crippen LogP contribution in [-0.2, 0) is 11.3 Å². The first-order chi connectivity index (χ1) is 13.0. The van der Waals surface area contributed by atoms with Crippen LogP contribution >= 0.6 is 0 Å². The van der Waals surface area contributed by atoms with Crippen LogP contribution in [-0.4, -0.2) is 43.1 Å². The van der Waals surface area contributed by atoms with E-state index >= 15 is 0 Å². The number of methoxy groups -OCH3 is 1. The quantitative estimate of drug-likeness (QED) is 0.804. The Balaban J connectivity index is 1.39. The van der Waals surface area contributed by atoms with E-state index in [1.165, 1.54) is 5.56 Å². The van der Waals surface area contributed by atoms with Crippen molar-refractivity contribution >= 4 is 5.91 Å². The van der Waals surface area contributed by atoms with Gasteiger partial charge in [-0.25, -0.2) is 0 Å². The molecule has 0 spiro atoms. The van der Waals surface area contributed by atoms with Gasteiger partial charge in [-0.2, -0.15) is 0 Å². The van der Waals surface area contributed by atoms with Crippen LogP contribution in [0.3, 0.4) is 0 Å². The van der Waals surface area contributed by atoms with Crippen LogP contribution in [0.4, 0.5) is 0 Å². The largest absolute Gasteiger partial charge is 0.497 e. The van der Waals surface area contributed by atoms with Gasteiger partial charge in [0.15, 0.2) is 0 Å². The van der Waals surface area contributed by atoms with E-state index in [2.05, 4.69) is 22.3 Å². The van der Waals surface area contributed by atoms with E-state index < -0.39 is 0 Å². The number of nitrogens with one attached hydrogen (secondary N) is 1. The first-order valence-corrected chi connectivity index (χ1v) is 10.4. The van der Waals surface area contributed by atoms with Gasteiger partial charge in [0.2, 0.25) is 5.91 Å². The third-order valence-electron chi connectivity index (χ3n) is 6.41. The summed E-state index contributed by atoms with van der Waals surface area (Å²) in [5, 5.41) is 3.20. The predicted octanol–water partition coefficient (Wildman–Crippen LogP) is 2.93. The number of hydrogen-bond donors (Lipinski definition) is 2. The van der Waals surface area contributed by atoms with Crippen molar-refractivity contribution in [3.8, 4) is 5.75 Å². The molecule has 0 aromatic heterocycles. The molecule has 1 saturated heterocycles. The highest BCUT2D eigenvalue weighted by Gasteiger charge is 2.37. The Morgan fingerprint density at radius 1 is 1.22 bits per heavy atom. The van der Waals surface area contributed by atoms with E-state index in [1.54, 1.807) is 7.11 Å². The number of nitrogens with zero attached hydrogens (tertiary/aromatic N) is 1. The van der Waals surface area contributed by atoms with E-state index in [0.29, 0.717) is 5.92 Å². The molecule has 2 atom stereocenters. The minimum Gasteiger partial charge on any atom is -0.497 e. The second-order valence-corrected chi connectivity index (χ2v) is 8.62. The van der Waals surface area contributed by atoms with Crippen LogP contribution in [0.5, 0.6) is 5.75 Å². The molecule has 1 aromatic rings. The summed E-state index contributed by atoms with van der Waals surface area (Å²) in [6, 6.07) is 8.32. The summed E-state index contributed by atoms with van der Waals surface area (Å²) in [7, 11) is 1.70. The van der Waals surface area contributed by atoms with Gasteiger partial charge >= 0.3 is 0 Å². The van der Waals surface area contributed by atoms with Gasteiger partial charge in [0.05, 0.1) is 13.0 Å². The number of benzene rings is 1. The lowest BCUT2D eigenvalue weighted by molar-refractivity contribution is -0.128. The van der Waals surface area contributed by atoms with Crippen molar-refractivity contribution in [1.82, 2.24) is 10.2 Å². The van der Waals surface area contributed by atoms with Crippen LogP contribution in [0.1, 0.15) is 51.0 Å². The molecule has 1 aliphatic heterocycles. The molecule has 0 bridgehead atoms. The standard InChI is InChI=1S/C22H35N3O2/c1-22(23)12-4-3-5-20(22)21(26)24-15-17-10-13-25(14-11-17)16-18-6-8-19(27-2)9-7-18/h6-9,17,20H,3-5,10-16,23H2,1-2H3,(H,24,26). The average molecular weight is 374 g/mol. The molecule has 1 aromatic carbocycles. The summed E-state index contributed by atoms with van der Waals surface area (Å²) in [5.41, 5.74) is 7.34. The fourth-order valence-corrected chi connectivity index (χ4v) is 4.49. The third kappa shape index (κ3) is 5.45. The molecule has 1 heterocycles. The highest BCUT2D eigenvalue weighted by Crippen LogP contribution is 2.31. The molecule has 3 N–H and O–H groups in total. The van der Waals surface area contributed by atoms with Crippen LogP contribution in [0.15, 0.2) is 24.3 Å². The highest BCUT2D eigenvalue weighted by molar-refractivity contribution is 5.80. The van der Waals surface area contributed by atoms with Gasteiger partial charge in [0.1, 0.15) is 5.75 Å². The molecule has 27 heavy (non-hydrogen) atoms. The zero-order valence-corrected chi connectivity index (χ0v) is 16.9. The normalized spacial score (nSPS) is 27.3. The summed E-state index contributed by atoms with van der Waals surface area (Å²) in [4.78, 5) is 15.1. The zero-order valence-electron chi connectivity index (χ0n) is 16.9. The van der Waals surface area contributed by atoms with Gasteiger partial charge in [0, 0.05) is 18.6 Å². The van der Waals surface area contributed by atoms with Crippen molar-refractivity contribution in [2.24, 2.45) is 17.6 Å². The van der Waals surface area contributed by atoms with Gasteiger partial charge in [-0.1, -0.05) is 25.0 Å². The number of rotatable bonds is 6. The monoisotopic (exact) mass is 373 g/mol.